The van der Waals surface area contributed by atoms with Gasteiger partial charge in [-0.05, 0) is 48.9 Å². The van der Waals surface area contributed by atoms with E-state index in [1.54, 1.807) is 24.3 Å². The lowest BCUT2D eigenvalue weighted by molar-refractivity contribution is 0.112. The molecule has 0 bridgehead atoms. The zero-order chi connectivity index (χ0) is 19.7. The largest absolute Gasteiger partial charge is 0.506 e. The molecule has 0 radical (unpaired) electrons. The van der Waals surface area contributed by atoms with Crippen molar-refractivity contribution in [2.45, 2.75) is 25.0 Å². The van der Waals surface area contributed by atoms with Crippen molar-refractivity contribution in [3.05, 3.63) is 48.0 Å². The van der Waals surface area contributed by atoms with Crippen LogP contribution >= 0.6 is 0 Å². The molecule has 4 atom stereocenters. The molecule has 2 N–H and O–H groups in total. The van der Waals surface area contributed by atoms with E-state index >= 15 is 0 Å². The smallest absolute Gasteiger partial charge is 0.206 e. The quantitative estimate of drug-likeness (QED) is 0.793. The first kappa shape index (κ1) is 19.0. The van der Waals surface area contributed by atoms with Crippen LogP contribution in [-0.2, 0) is 0 Å². The molecule has 2 aromatic rings. The lowest BCUT2D eigenvalue weighted by Gasteiger charge is -2.22. The Morgan fingerprint density at radius 3 is 2.54 bits per heavy atom. The summed E-state index contributed by atoms with van der Waals surface area (Å²) in [7, 11) is 1.44. The van der Waals surface area contributed by atoms with E-state index in [0.29, 0.717) is 24.1 Å². The maximum Gasteiger partial charge on any atom is 0.206 e. The highest BCUT2D eigenvalue weighted by atomic mass is 19.1. The Morgan fingerprint density at radius 2 is 1.89 bits per heavy atom. The van der Waals surface area contributed by atoms with Crippen LogP contribution in [0.5, 0.6) is 17.2 Å². The highest BCUT2D eigenvalue weighted by Crippen LogP contribution is 2.41. The fourth-order valence-corrected chi connectivity index (χ4v) is 4.44. The number of hydrogen-bond donors (Lipinski definition) is 2. The number of fused-ring (bicyclic) bond motifs is 1. The van der Waals surface area contributed by atoms with E-state index in [4.69, 9.17) is 9.47 Å². The summed E-state index contributed by atoms with van der Waals surface area (Å²) in [5, 5.41) is 19.7. The number of β-amino-alcohol motifs (C(OH)–C–C–N with tert-alkyl or cyclic N) is 1. The molecule has 1 aromatic carbocycles. The summed E-state index contributed by atoms with van der Waals surface area (Å²) in [4.78, 5) is 6.33. The SMILES string of the molecule is COc1cccc(O[C@@H]2C[C@@H]3CN(CC(O)c4ccc(O)cn4)C[C@@H]3C2)c1F. The number of rotatable bonds is 6. The van der Waals surface area contributed by atoms with Crippen LogP contribution in [0.1, 0.15) is 24.6 Å². The van der Waals surface area contributed by atoms with Crippen LogP contribution in [0.15, 0.2) is 36.5 Å². The van der Waals surface area contributed by atoms with Crippen LogP contribution in [0.4, 0.5) is 4.39 Å². The third-order valence-electron chi connectivity index (χ3n) is 5.77. The molecule has 6 nitrogen and oxygen atoms in total. The van der Waals surface area contributed by atoms with E-state index in [-0.39, 0.29) is 23.4 Å². The number of ether oxygens (including phenoxy) is 2. The second kappa shape index (κ2) is 7.93. The molecule has 0 amide bonds. The Hall–Kier alpha value is -2.38. The summed E-state index contributed by atoms with van der Waals surface area (Å²) in [6, 6.07) is 8.12. The van der Waals surface area contributed by atoms with E-state index in [1.165, 1.54) is 19.4 Å². The second-order valence-corrected chi connectivity index (χ2v) is 7.68. The number of nitrogens with zero attached hydrogens (tertiary/aromatic N) is 2. The van der Waals surface area contributed by atoms with Gasteiger partial charge in [-0.25, -0.2) is 0 Å². The number of halogens is 1. The summed E-state index contributed by atoms with van der Waals surface area (Å²) in [5.41, 5.74) is 0.560. The van der Waals surface area contributed by atoms with Crippen LogP contribution in [0.2, 0.25) is 0 Å². The molecule has 1 unspecified atom stereocenters. The molecule has 1 saturated carbocycles. The number of aliphatic hydroxyl groups excluding tert-OH is 1. The topological polar surface area (TPSA) is 75.1 Å². The minimum atomic E-state index is -0.683. The maximum absolute atomic E-state index is 14.3. The fourth-order valence-electron chi connectivity index (χ4n) is 4.44. The number of aromatic nitrogens is 1. The standard InChI is InChI=1S/C21H25FN2O4/c1-27-19-3-2-4-20(21(19)22)28-16-7-13-10-24(11-14(13)8-16)12-18(26)17-6-5-15(25)9-23-17/h2-6,9,13-14,16,18,25-26H,7-8,10-12H2,1H3/t13-,14+,16-,18?. The number of aliphatic hydroxyl groups is 1. The highest BCUT2D eigenvalue weighted by Gasteiger charge is 2.42. The summed E-state index contributed by atoms with van der Waals surface area (Å²) < 4.78 is 25.2. The Morgan fingerprint density at radius 1 is 1.18 bits per heavy atom. The second-order valence-electron chi connectivity index (χ2n) is 7.68. The van der Waals surface area contributed by atoms with Gasteiger partial charge in [0.1, 0.15) is 11.9 Å². The average molecular weight is 388 g/mol. The van der Waals surface area contributed by atoms with Crippen molar-refractivity contribution in [3.63, 3.8) is 0 Å². The van der Waals surface area contributed by atoms with Crippen molar-refractivity contribution >= 4 is 0 Å². The molecule has 0 spiro atoms. The van der Waals surface area contributed by atoms with Gasteiger partial charge in [-0.3, -0.25) is 9.88 Å². The van der Waals surface area contributed by atoms with E-state index in [2.05, 4.69) is 9.88 Å². The molecule has 28 heavy (non-hydrogen) atoms. The lowest BCUT2D eigenvalue weighted by atomic mass is 10.0. The highest BCUT2D eigenvalue weighted by molar-refractivity contribution is 5.35. The van der Waals surface area contributed by atoms with Crippen molar-refractivity contribution < 1.29 is 24.1 Å². The molecule has 2 aliphatic rings. The van der Waals surface area contributed by atoms with Crippen LogP contribution in [0.3, 0.4) is 0 Å². The molecule has 1 aromatic heterocycles. The van der Waals surface area contributed by atoms with Crippen LogP contribution in [-0.4, -0.2) is 52.9 Å². The average Bonchev–Trinajstić information content (AvgIpc) is 3.21. The van der Waals surface area contributed by atoms with E-state index < -0.39 is 11.9 Å². The van der Waals surface area contributed by atoms with E-state index in [0.717, 1.165) is 25.9 Å². The van der Waals surface area contributed by atoms with Gasteiger partial charge in [0.05, 0.1) is 25.1 Å². The monoisotopic (exact) mass is 388 g/mol. The van der Waals surface area contributed by atoms with Crippen molar-refractivity contribution in [3.8, 4) is 17.2 Å². The maximum atomic E-state index is 14.3. The van der Waals surface area contributed by atoms with Gasteiger partial charge in [-0.1, -0.05) is 6.07 Å². The minimum absolute atomic E-state index is 0.00226. The Bertz CT molecular complexity index is 803. The van der Waals surface area contributed by atoms with Gasteiger partial charge in [0.2, 0.25) is 5.82 Å². The molecular formula is C21H25FN2O4. The van der Waals surface area contributed by atoms with Crippen molar-refractivity contribution in [1.82, 2.24) is 9.88 Å². The number of methoxy groups -OCH3 is 1. The normalized spacial score (nSPS) is 25.5. The summed E-state index contributed by atoms with van der Waals surface area (Å²) in [6.07, 6.45) is 2.42. The number of benzene rings is 1. The van der Waals surface area contributed by atoms with Crippen LogP contribution in [0, 0.1) is 17.7 Å². The zero-order valence-electron chi connectivity index (χ0n) is 15.8. The van der Waals surface area contributed by atoms with Crippen LogP contribution in [0.25, 0.3) is 0 Å². The van der Waals surface area contributed by atoms with Gasteiger partial charge in [0.25, 0.3) is 0 Å². The predicted molar refractivity (Wildman–Crippen MR) is 101 cm³/mol. The molecule has 1 saturated heterocycles. The molecule has 2 fully saturated rings. The number of hydrogen-bond acceptors (Lipinski definition) is 6. The minimum Gasteiger partial charge on any atom is -0.506 e. The van der Waals surface area contributed by atoms with E-state index in [1.807, 2.05) is 0 Å². The number of likely N-dealkylation sites (tertiary alicyclic amines) is 1. The number of aromatic hydroxyl groups is 1. The molecule has 2 heterocycles. The molecular weight excluding hydrogens is 363 g/mol. The van der Waals surface area contributed by atoms with Gasteiger partial charge in [-0.2, -0.15) is 4.39 Å². The first-order chi connectivity index (χ1) is 13.5. The Kier molecular flexibility index (Phi) is 5.37. The lowest BCUT2D eigenvalue weighted by Crippen LogP contribution is -2.29. The summed E-state index contributed by atoms with van der Waals surface area (Å²) in [5.74, 6) is 1.05. The third-order valence-corrected chi connectivity index (χ3v) is 5.77. The fraction of sp³-hybridized carbons (Fsp3) is 0.476. The molecule has 150 valence electrons. The van der Waals surface area contributed by atoms with Gasteiger partial charge in [-0.15, -0.1) is 0 Å². The van der Waals surface area contributed by atoms with E-state index in [9.17, 15) is 14.6 Å². The molecule has 1 aliphatic heterocycles. The zero-order valence-corrected chi connectivity index (χ0v) is 15.8. The summed E-state index contributed by atoms with van der Waals surface area (Å²) >= 11 is 0. The summed E-state index contributed by atoms with van der Waals surface area (Å²) in [6.45, 7) is 2.29. The van der Waals surface area contributed by atoms with Gasteiger partial charge in [0, 0.05) is 19.6 Å². The number of pyridine rings is 1. The Balaban J connectivity index is 1.30. The molecule has 4 rings (SSSR count). The van der Waals surface area contributed by atoms with Gasteiger partial charge >= 0.3 is 0 Å². The van der Waals surface area contributed by atoms with Crippen molar-refractivity contribution in [1.29, 1.82) is 0 Å². The Labute approximate surface area is 163 Å². The first-order valence-corrected chi connectivity index (χ1v) is 9.58. The van der Waals surface area contributed by atoms with Crippen molar-refractivity contribution in [2.75, 3.05) is 26.7 Å². The predicted octanol–water partition coefficient (Wildman–Crippen LogP) is 2.76. The van der Waals surface area contributed by atoms with Crippen molar-refractivity contribution in [2.24, 2.45) is 11.8 Å². The van der Waals surface area contributed by atoms with Crippen LogP contribution < -0.4 is 9.47 Å². The molecule has 7 heteroatoms. The van der Waals surface area contributed by atoms with Gasteiger partial charge < -0.3 is 19.7 Å². The van der Waals surface area contributed by atoms with Gasteiger partial charge in [0.15, 0.2) is 11.5 Å². The third kappa shape index (κ3) is 3.91. The molecule has 1 aliphatic carbocycles. The first-order valence-electron chi connectivity index (χ1n) is 9.58.